The first kappa shape index (κ1) is 19.6. The number of morpholine rings is 1. The molecule has 1 fully saturated rings. The van der Waals surface area contributed by atoms with Crippen molar-refractivity contribution in [3.63, 3.8) is 0 Å². The van der Waals surface area contributed by atoms with Crippen molar-refractivity contribution < 1.29 is 9.47 Å². The quantitative estimate of drug-likeness (QED) is 0.570. The number of rotatable bonds is 7. The molecule has 1 aliphatic heterocycles. The van der Waals surface area contributed by atoms with E-state index in [0.29, 0.717) is 23.9 Å². The van der Waals surface area contributed by atoms with Crippen molar-refractivity contribution in [1.82, 2.24) is 0 Å². The lowest BCUT2D eigenvalue weighted by Gasteiger charge is -2.28. The number of nitrogens with one attached hydrogen (secondary N) is 1. The largest absolute Gasteiger partial charge is 0.487 e. The second-order valence-corrected chi connectivity index (χ2v) is 7.45. The van der Waals surface area contributed by atoms with E-state index < -0.39 is 0 Å². The van der Waals surface area contributed by atoms with E-state index in [2.05, 4.69) is 34.5 Å². The fraction of sp³-hybridized carbons (Fsp3) is 0.250. The third-order valence-corrected chi connectivity index (χ3v) is 5.27. The molecule has 0 aliphatic carbocycles. The lowest BCUT2D eigenvalue weighted by Crippen LogP contribution is -2.36. The molecule has 3 aromatic carbocycles. The van der Waals surface area contributed by atoms with Gasteiger partial charge in [0, 0.05) is 31.0 Å². The summed E-state index contributed by atoms with van der Waals surface area (Å²) < 4.78 is 11.3. The fourth-order valence-corrected chi connectivity index (χ4v) is 3.58. The lowest BCUT2D eigenvalue weighted by atomic mass is 10.2. The van der Waals surface area contributed by atoms with Gasteiger partial charge >= 0.3 is 0 Å². The van der Waals surface area contributed by atoms with E-state index >= 15 is 0 Å². The first-order valence-corrected chi connectivity index (χ1v) is 10.3. The Morgan fingerprint density at radius 2 is 1.66 bits per heavy atom. The van der Waals surface area contributed by atoms with E-state index in [1.165, 1.54) is 5.69 Å². The van der Waals surface area contributed by atoms with Crippen LogP contribution in [0, 0.1) is 0 Å². The Morgan fingerprint density at radius 3 is 2.38 bits per heavy atom. The Bertz CT molecular complexity index is 910. The van der Waals surface area contributed by atoms with E-state index in [-0.39, 0.29) is 0 Å². The summed E-state index contributed by atoms with van der Waals surface area (Å²) in [4.78, 5) is 2.35. The van der Waals surface area contributed by atoms with Crippen LogP contribution in [0.5, 0.6) is 5.75 Å². The summed E-state index contributed by atoms with van der Waals surface area (Å²) in [6, 6.07) is 24.5. The van der Waals surface area contributed by atoms with Gasteiger partial charge in [0.05, 0.1) is 18.2 Å². The Balaban J connectivity index is 1.31. The predicted octanol–water partition coefficient (Wildman–Crippen LogP) is 5.37. The molecular weight excluding hydrogens is 384 g/mol. The molecule has 0 radical (unpaired) electrons. The van der Waals surface area contributed by atoms with Crippen LogP contribution in [0.15, 0.2) is 72.8 Å². The van der Waals surface area contributed by atoms with Crippen LogP contribution in [-0.2, 0) is 17.9 Å². The van der Waals surface area contributed by atoms with Gasteiger partial charge in [-0.25, -0.2) is 0 Å². The van der Waals surface area contributed by atoms with Gasteiger partial charge in [0.15, 0.2) is 0 Å². The maximum atomic E-state index is 6.42. The van der Waals surface area contributed by atoms with Crippen molar-refractivity contribution in [1.29, 1.82) is 0 Å². The summed E-state index contributed by atoms with van der Waals surface area (Å²) in [5, 5.41) is 4.08. The Labute approximate surface area is 177 Å². The van der Waals surface area contributed by atoms with Crippen LogP contribution in [0.2, 0.25) is 5.02 Å². The zero-order valence-electron chi connectivity index (χ0n) is 16.3. The predicted molar refractivity (Wildman–Crippen MR) is 119 cm³/mol. The minimum Gasteiger partial charge on any atom is -0.487 e. The minimum atomic E-state index is 0.508. The number of anilines is 2. The standard InChI is InChI=1S/C24H25ClN2O2/c25-23-16-20(6-11-24(23)29-18-19-4-2-1-3-5-19)17-26-21-7-9-22(10-8-21)27-12-14-28-15-13-27/h1-11,16,26H,12-15,17-18H2. The molecule has 0 aromatic heterocycles. The minimum absolute atomic E-state index is 0.508. The molecule has 5 heteroatoms. The van der Waals surface area contributed by atoms with Gasteiger partial charge < -0.3 is 19.7 Å². The summed E-state index contributed by atoms with van der Waals surface area (Å²) in [7, 11) is 0. The molecular formula is C24H25ClN2O2. The molecule has 150 valence electrons. The average Bonchev–Trinajstić information content (AvgIpc) is 2.79. The van der Waals surface area contributed by atoms with Gasteiger partial charge in [0.25, 0.3) is 0 Å². The zero-order chi connectivity index (χ0) is 19.9. The highest BCUT2D eigenvalue weighted by atomic mass is 35.5. The van der Waals surface area contributed by atoms with Gasteiger partial charge in [-0.2, -0.15) is 0 Å². The molecule has 1 N–H and O–H groups in total. The van der Waals surface area contributed by atoms with Crippen molar-refractivity contribution in [3.8, 4) is 5.75 Å². The molecule has 0 saturated carbocycles. The Morgan fingerprint density at radius 1 is 0.897 bits per heavy atom. The third-order valence-electron chi connectivity index (χ3n) is 4.97. The van der Waals surface area contributed by atoms with Gasteiger partial charge in [-0.15, -0.1) is 0 Å². The van der Waals surface area contributed by atoms with Gasteiger partial charge in [-0.3, -0.25) is 0 Å². The maximum Gasteiger partial charge on any atom is 0.138 e. The van der Waals surface area contributed by atoms with Crippen molar-refractivity contribution in [2.45, 2.75) is 13.2 Å². The highest BCUT2D eigenvalue weighted by Gasteiger charge is 2.10. The molecule has 1 heterocycles. The number of hydrogen-bond donors (Lipinski definition) is 1. The monoisotopic (exact) mass is 408 g/mol. The molecule has 4 rings (SSSR count). The second kappa shape index (κ2) is 9.68. The van der Waals surface area contributed by atoms with E-state index in [9.17, 15) is 0 Å². The molecule has 0 amide bonds. The van der Waals surface area contributed by atoms with E-state index in [1.54, 1.807) is 0 Å². The molecule has 0 unspecified atom stereocenters. The molecule has 3 aromatic rings. The second-order valence-electron chi connectivity index (χ2n) is 7.04. The summed E-state index contributed by atoms with van der Waals surface area (Å²) in [5.74, 6) is 0.703. The number of hydrogen-bond acceptors (Lipinski definition) is 4. The van der Waals surface area contributed by atoms with Crippen LogP contribution in [0.3, 0.4) is 0 Å². The van der Waals surface area contributed by atoms with Gasteiger partial charge in [0.2, 0.25) is 0 Å². The van der Waals surface area contributed by atoms with Crippen LogP contribution >= 0.6 is 11.6 Å². The van der Waals surface area contributed by atoms with E-state index in [1.807, 2.05) is 48.5 Å². The van der Waals surface area contributed by atoms with Crippen LogP contribution in [0.25, 0.3) is 0 Å². The topological polar surface area (TPSA) is 33.7 Å². The number of benzene rings is 3. The first-order chi connectivity index (χ1) is 14.3. The lowest BCUT2D eigenvalue weighted by molar-refractivity contribution is 0.122. The maximum absolute atomic E-state index is 6.42. The molecule has 0 spiro atoms. The summed E-state index contributed by atoms with van der Waals surface area (Å²) in [5.41, 5.74) is 4.55. The molecule has 29 heavy (non-hydrogen) atoms. The molecule has 0 atom stereocenters. The van der Waals surface area contributed by atoms with E-state index in [0.717, 1.165) is 43.1 Å². The Hall–Kier alpha value is -2.69. The highest BCUT2D eigenvalue weighted by molar-refractivity contribution is 6.32. The summed E-state index contributed by atoms with van der Waals surface area (Å²) in [6.45, 7) is 4.70. The Kier molecular flexibility index (Phi) is 6.55. The third kappa shape index (κ3) is 5.43. The number of nitrogens with zero attached hydrogens (tertiary/aromatic N) is 1. The van der Waals surface area contributed by atoms with Gasteiger partial charge in [-0.1, -0.05) is 48.0 Å². The van der Waals surface area contributed by atoms with E-state index in [4.69, 9.17) is 21.1 Å². The molecule has 0 bridgehead atoms. The van der Waals surface area contributed by atoms with Gasteiger partial charge in [0.1, 0.15) is 12.4 Å². The van der Waals surface area contributed by atoms with Crippen molar-refractivity contribution in [3.05, 3.63) is 88.9 Å². The van der Waals surface area contributed by atoms with Crippen LogP contribution in [-0.4, -0.2) is 26.3 Å². The van der Waals surface area contributed by atoms with Crippen LogP contribution in [0.4, 0.5) is 11.4 Å². The summed E-state index contributed by atoms with van der Waals surface area (Å²) >= 11 is 6.42. The summed E-state index contributed by atoms with van der Waals surface area (Å²) in [6.07, 6.45) is 0. The van der Waals surface area contributed by atoms with Crippen LogP contribution < -0.4 is 15.0 Å². The van der Waals surface area contributed by atoms with Crippen molar-refractivity contribution in [2.24, 2.45) is 0 Å². The number of ether oxygens (including phenoxy) is 2. The van der Waals surface area contributed by atoms with Crippen LogP contribution in [0.1, 0.15) is 11.1 Å². The molecule has 1 saturated heterocycles. The SMILES string of the molecule is Clc1cc(CNc2ccc(N3CCOCC3)cc2)ccc1OCc1ccccc1. The molecule has 4 nitrogen and oxygen atoms in total. The fourth-order valence-electron chi connectivity index (χ4n) is 3.32. The molecule has 1 aliphatic rings. The zero-order valence-corrected chi connectivity index (χ0v) is 17.1. The number of halogens is 1. The highest BCUT2D eigenvalue weighted by Crippen LogP contribution is 2.27. The van der Waals surface area contributed by atoms with Gasteiger partial charge in [-0.05, 0) is 47.5 Å². The van der Waals surface area contributed by atoms with Crippen molar-refractivity contribution >= 4 is 23.0 Å². The van der Waals surface area contributed by atoms with Crippen molar-refractivity contribution in [2.75, 3.05) is 36.5 Å². The smallest absolute Gasteiger partial charge is 0.138 e. The average molecular weight is 409 g/mol. The normalized spacial score (nSPS) is 13.9. The first-order valence-electron chi connectivity index (χ1n) is 9.90.